The van der Waals surface area contributed by atoms with Gasteiger partial charge in [0.1, 0.15) is 5.69 Å². The topological polar surface area (TPSA) is 95.1 Å². The maximum Gasteiger partial charge on any atom is 0.271 e. The van der Waals surface area contributed by atoms with Crippen molar-refractivity contribution in [3.63, 3.8) is 0 Å². The van der Waals surface area contributed by atoms with E-state index in [1.807, 2.05) is 0 Å². The highest BCUT2D eigenvalue weighted by Gasteiger charge is 2.11. The summed E-state index contributed by atoms with van der Waals surface area (Å²) in [5.41, 5.74) is -0.149. The molecule has 0 spiro atoms. The highest BCUT2D eigenvalue weighted by atomic mass is 16.3. The van der Waals surface area contributed by atoms with Crippen LogP contribution in [0.25, 0.3) is 0 Å². The molecule has 1 amide bonds. The molecule has 0 bridgehead atoms. The zero-order valence-electron chi connectivity index (χ0n) is 10.5. The van der Waals surface area contributed by atoms with Gasteiger partial charge in [0.05, 0.1) is 6.20 Å². The molecular weight excluding hydrogens is 234 g/mol. The van der Waals surface area contributed by atoms with Gasteiger partial charge in [-0.2, -0.15) is 0 Å². The summed E-state index contributed by atoms with van der Waals surface area (Å²) in [6.45, 7) is 2.70. The molecule has 100 valence electrons. The Hall–Kier alpha value is -1.69. The molecule has 6 heteroatoms. The third-order valence-electron chi connectivity index (χ3n) is 2.69. The number of carbonyl (C=O) groups excluding carboxylic acids is 1. The van der Waals surface area contributed by atoms with Gasteiger partial charge in [0.15, 0.2) is 0 Å². The molecule has 6 nitrogen and oxygen atoms in total. The third-order valence-corrected chi connectivity index (χ3v) is 2.69. The van der Waals surface area contributed by atoms with Crippen molar-refractivity contribution >= 4 is 5.91 Å². The molecule has 1 unspecified atom stereocenters. The number of nitrogens with one attached hydrogen (secondary N) is 2. The summed E-state index contributed by atoms with van der Waals surface area (Å²) >= 11 is 0. The lowest BCUT2D eigenvalue weighted by molar-refractivity contribution is 0.0937. The van der Waals surface area contributed by atoms with Gasteiger partial charge in [-0.15, -0.1) is 0 Å². The van der Waals surface area contributed by atoms with Crippen LogP contribution >= 0.6 is 0 Å². The predicted octanol–water partition coefficient (Wildman–Crippen LogP) is 0.298. The molecule has 0 aliphatic heterocycles. The highest BCUT2D eigenvalue weighted by molar-refractivity contribution is 5.91. The summed E-state index contributed by atoms with van der Waals surface area (Å²) in [7, 11) is 0. The molecule has 0 aliphatic rings. The van der Waals surface area contributed by atoms with Crippen LogP contribution in [0.1, 0.15) is 36.7 Å². The predicted molar refractivity (Wildman–Crippen MR) is 67.3 cm³/mol. The van der Waals surface area contributed by atoms with Crippen molar-refractivity contribution in [3.05, 3.63) is 28.4 Å². The van der Waals surface area contributed by atoms with Crippen LogP contribution in [0.5, 0.6) is 0 Å². The number of aliphatic hydroxyl groups is 1. The van der Waals surface area contributed by atoms with Crippen LogP contribution < -0.4 is 10.9 Å². The van der Waals surface area contributed by atoms with Gasteiger partial charge in [0, 0.05) is 19.3 Å². The van der Waals surface area contributed by atoms with E-state index in [9.17, 15) is 9.59 Å². The van der Waals surface area contributed by atoms with Gasteiger partial charge in [0.2, 0.25) is 0 Å². The zero-order chi connectivity index (χ0) is 13.4. The number of aromatic nitrogens is 2. The summed E-state index contributed by atoms with van der Waals surface area (Å²) in [6, 6.07) is 0. The molecular formula is C12H19N3O3. The molecule has 1 rings (SSSR count). The lowest BCUT2D eigenvalue weighted by Gasteiger charge is -2.15. The van der Waals surface area contributed by atoms with Crippen LogP contribution in [-0.4, -0.2) is 34.1 Å². The number of carbonyl (C=O) groups is 1. The Morgan fingerprint density at radius 1 is 1.56 bits per heavy atom. The molecule has 1 heterocycles. The van der Waals surface area contributed by atoms with Gasteiger partial charge in [0.25, 0.3) is 11.5 Å². The SMILES string of the molecule is CCCC(CCO)CNC(=O)c1c[nH]c(=O)cn1. The van der Waals surface area contributed by atoms with Crippen LogP contribution in [0.15, 0.2) is 17.2 Å². The fraction of sp³-hybridized carbons (Fsp3) is 0.583. The summed E-state index contributed by atoms with van der Waals surface area (Å²) in [5, 5.41) is 11.7. The lowest BCUT2D eigenvalue weighted by Crippen LogP contribution is -2.31. The van der Waals surface area contributed by atoms with Crippen LogP contribution in [0.2, 0.25) is 0 Å². The fourth-order valence-electron chi connectivity index (χ4n) is 1.73. The molecule has 0 saturated heterocycles. The third kappa shape index (κ3) is 4.67. The van der Waals surface area contributed by atoms with Crippen LogP contribution in [-0.2, 0) is 0 Å². The quantitative estimate of drug-likeness (QED) is 0.651. The summed E-state index contributed by atoms with van der Waals surface area (Å²) in [4.78, 5) is 28.7. The Morgan fingerprint density at radius 3 is 2.89 bits per heavy atom. The molecule has 1 atom stereocenters. The Bertz CT molecular complexity index is 404. The van der Waals surface area contributed by atoms with E-state index in [1.54, 1.807) is 0 Å². The highest BCUT2D eigenvalue weighted by Crippen LogP contribution is 2.09. The van der Waals surface area contributed by atoms with Crippen molar-refractivity contribution in [2.45, 2.75) is 26.2 Å². The minimum atomic E-state index is -0.337. The van der Waals surface area contributed by atoms with E-state index in [0.717, 1.165) is 19.0 Å². The number of hydrogen-bond donors (Lipinski definition) is 3. The van der Waals surface area contributed by atoms with Gasteiger partial charge in [-0.3, -0.25) is 9.59 Å². The second kappa shape index (κ2) is 7.60. The van der Waals surface area contributed by atoms with E-state index in [4.69, 9.17) is 5.11 Å². The maximum absolute atomic E-state index is 11.7. The van der Waals surface area contributed by atoms with Crippen molar-refractivity contribution in [1.29, 1.82) is 0 Å². The minimum absolute atomic E-state index is 0.122. The van der Waals surface area contributed by atoms with Gasteiger partial charge in [-0.1, -0.05) is 13.3 Å². The normalized spacial score (nSPS) is 12.1. The average molecular weight is 253 g/mol. The summed E-state index contributed by atoms with van der Waals surface area (Å²) in [6.07, 6.45) is 5.01. The second-order valence-electron chi connectivity index (χ2n) is 4.17. The monoisotopic (exact) mass is 253 g/mol. The first-order valence-corrected chi connectivity index (χ1v) is 6.11. The lowest BCUT2D eigenvalue weighted by atomic mass is 10.0. The molecule has 3 N–H and O–H groups in total. The number of nitrogens with zero attached hydrogens (tertiary/aromatic N) is 1. The number of aliphatic hydroxyl groups excluding tert-OH is 1. The smallest absolute Gasteiger partial charge is 0.271 e. The largest absolute Gasteiger partial charge is 0.396 e. The van der Waals surface area contributed by atoms with E-state index in [0.29, 0.717) is 13.0 Å². The van der Waals surface area contributed by atoms with Crippen molar-refractivity contribution in [3.8, 4) is 0 Å². The number of H-pyrrole nitrogens is 1. The summed E-state index contributed by atoms with van der Waals surface area (Å²) in [5.74, 6) is -0.0444. The van der Waals surface area contributed by atoms with Gasteiger partial charge >= 0.3 is 0 Å². The molecule has 0 aliphatic carbocycles. The van der Waals surface area contributed by atoms with Crippen molar-refractivity contribution < 1.29 is 9.90 Å². The molecule has 18 heavy (non-hydrogen) atoms. The van der Waals surface area contributed by atoms with Crippen LogP contribution in [0.3, 0.4) is 0 Å². The van der Waals surface area contributed by atoms with Gasteiger partial charge in [-0.05, 0) is 18.8 Å². The standard InChI is InChI=1S/C12H19N3O3/c1-2-3-9(4-5-16)6-15-12(18)10-7-14-11(17)8-13-10/h7-9,16H,2-6H2,1H3,(H,14,17)(H,15,18). The van der Waals surface area contributed by atoms with Gasteiger partial charge < -0.3 is 15.4 Å². The Kier molecular flexibility index (Phi) is 6.07. The summed E-state index contributed by atoms with van der Waals surface area (Å²) < 4.78 is 0. The van der Waals surface area contributed by atoms with Crippen molar-refractivity contribution in [1.82, 2.24) is 15.3 Å². The Labute approximate surface area is 105 Å². The van der Waals surface area contributed by atoms with E-state index in [2.05, 4.69) is 22.2 Å². The first-order valence-electron chi connectivity index (χ1n) is 6.11. The molecule has 0 saturated carbocycles. The average Bonchev–Trinajstić information content (AvgIpc) is 2.37. The van der Waals surface area contributed by atoms with E-state index < -0.39 is 0 Å². The maximum atomic E-state index is 11.7. The molecule has 0 radical (unpaired) electrons. The molecule has 0 aromatic carbocycles. The molecule has 0 fully saturated rings. The Balaban J connectivity index is 2.48. The van der Waals surface area contributed by atoms with Crippen LogP contribution in [0.4, 0.5) is 0 Å². The second-order valence-corrected chi connectivity index (χ2v) is 4.17. The van der Waals surface area contributed by atoms with E-state index in [-0.39, 0.29) is 29.7 Å². The van der Waals surface area contributed by atoms with Gasteiger partial charge in [-0.25, -0.2) is 4.98 Å². The van der Waals surface area contributed by atoms with E-state index in [1.165, 1.54) is 6.20 Å². The molecule has 1 aromatic heterocycles. The first-order chi connectivity index (χ1) is 8.67. The number of hydrogen-bond acceptors (Lipinski definition) is 4. The number of aromatic amines is 1. The van der Waals surface area contributed by atoms with Crippen molar-refractivity contribution in [2.24, 2.45) is 5.92 Å². The molecule has 1 aromatic rings. The fourth-order valence-corrected chi connectivity index (χ4v) is 1.73. The van der Waals surface area contributed by atoms with Crippen molar-refractivity contribution in [2.75, 3.05) is 13.2 Å². The minimum Gasteiger partial charge on any atom is -0.396 e. The number of rotatable bonds is 7. The van der Waals surface area contributed by atoms with E-state index >= 15 is 0 Å². The Morgan fingerprint density at radius 2 is 2.33 bits per heavy atom. The van der Waals surface area contributed by atoms with Crippen LogP contribution in [0, 0.1) is 5.92 Å². The zero-order valence-corrected chi connectivity index (χ0v) is 10.5. The number of amides is 1. The first kappa shape index (κ1) is 14.4.